The van der Waals surface area contributed by atoms with Gasteiger partial charge in [-0.25, -0.2) is 4.39 Å². The number of hydrogen-bond acceptors (Lipinski definition) is 6. The number of Topliss-reactive ketones (excluding diaryl/α,β-unsaturated/α-hetero) is 1. The predicted octanol–water partition coefficient (Wildman–Crippen LogP) is 3.57. The first kappa shape index (κ1) is 25.2. The number of likely N-dealkylation sites (tertiary alicyclic amines) is 1. The second-order valence-corrected chi connectivity index (χ2v) is 9.66. The third-order valence-corrected chi connectivity index (χ3v) is 7.02. The first-order chi connectivity index (χ1) is 18.0. The molecule has 0 bridgehead atoms. The summed E-state index contributed by atoms with van der Waals surface area (Å²) < 4.78 is 25.5. The number of aliphatic hydroxyl groups excluding tert-OH is 1. The molecule has 2 N–H and O–H groups in total. The molecular weight excluding hydrogens is 475 g/mol. The van der Waals surface area contributed by atoms with Gasteiger partial charge < -0.3 is 24.8 Å². The van der Waals surface area contributed by atoms with Gasteiger partial charge in [-0.3, -0.25) is 9.59 Å². The van der Waals surface area contributed by atoms with Gasteiger partial charge in [-0.15, -0.1) is 0 Å². The molecule has 0 aromatic heterocycles. The summed E-state index contributed by atoms with van der Waals surface area (Å²) in [6.45, 7) is 2.56. The molecule has 0 unspecified atom stereocenters. The minimum absolute atomic E-state index is 0.0196. The van der Waals surface area contributed by atoms with Gasteiger partial charge in [-0.1, -0.05) is 42.5 Å². The Morgan fingerprint density at radius 3 is 2.57 bits per heavy atom. The molecule has 2 aliphatic rings. The molecule has 3 aromatic rings. The molecule has 0 spiro atoms. The predicted molar refractivity (Wildman–Crippen MR) is 137 cm³/mol. The molecule has 37 heavy (non-hydrogen) atoms. The average molecular weight is 507 g/mol. The first-order valence-electron chi connectivity index (χ1n) is 12.8. The van der Waals surface area contributed by atoms with E-state index in [0.29, 0.717) is 13.0 Å². The molecule has 0 radical (unpaired) electrons. The second kappa shape index (κ2) is 11.3. The number of rotatable bonds is 9. The van der Waals surface area contributed by atoms with Crippen LogP contribution in [0.1, 0.15) is 36.5 Å². The fourth-order valence-electron chi connectivity index (χ4n) is 5.02. The van der Waals surface area contributed by atoms with Crippen LogP contribution in [0.15, 0.2) is 54.6 Å². The standard InChI is InChI=1S/C29H31FN2O5/c30-23-16-22(17-26-28(23)37-14-13-36-26)27(34)24(18-32-11-3-4-12-32)31-29(35)25(33)10-8-19-7-9-20-5-1-2-6-21(20)15-19/h1-2,5-7,9,15-17,24,27,34H,3-4,8,10-14,18H2,(H,31,35)/t24-,27+/m1/s1. The topological polar surface area (TPSA) is 88.1 Å². The molecule has 2 aliphatic heterocycles. The Morgan fingerprint density at radius 1 is 1.00 bits per heavy atom. The second-order valence-electron chi connectivity index (χ2n) is 9.66. The van der Waals surface area contributed by atoms with E-state index in [0.717, 1.165) is 42.3 Å². The van der Waals surface area contributed by atoms with Crippen molar-refractivity contribution in [3.05, 3.63) is 71.5 Å². The summed E-state index contributed by atoms with van der Waals surface area (Å²) in [6.07, 6.45) is 1.31. The normalized spacial score (nSPS) is 16.9. The van der Waals surface area contributed by atoms with Gasteiger partial charge in [0.2, 0.25) is 5.78 Å². The van der Waals surface area contributed by atoms with Crippen LogP contribution in [-0.2, 0) is 16.0 Å². The molecule has 1 amide bonds. The highest BCUT2D eigenvalue weighted by molar-refractivity contribution is 6.36. The average Bonchev–Trinajstić information content (AvgIpc) is 3.44. The number of amides is 1. The van der Waals surface area contributed by atoms with Gasteiger partial charge in [0.25, 0.3) is 5.91 Å². The van der Waals surface area contributed by atoms with Gasteiger partial charge in [-0.2, -0.15) is 0 Å². The molecule has 7 nitrogen and oxygen atoms in total. The number of nitrogens with one attached hydrogen (secondary N) is 1. The van der Waals surface area contributed by atoms with E-state index in [4.69, 9.17) is 9.47 Å². The third kappa shape index (κ3) is 5.92. The maximum absolute atomic E-state index is 14.6. The highest BCUT2D eigenvalue weighted by atomic mass is 19.1. The smallest absolute Gasteiger partial charge is 0.287 e. The van der Waals surface area contributed by atoms with Crippen molar-refractivity contribution in [2.24, 2.45) is 0 Å². The molecule has 194 valence electrons. The van der Waals surface area contributed by atoms with Crippen LogP contribution in [0.3, 0.4) is 0 Å². The number of fused-ring (bicyclic) bond motifs is 2. The molecule has 0 aliphatic carbocycles. The third-order valence-electron chi connectivity index (χ3n) is 7.02. The van der Waals surface area contributed by atoms with Crippen molar-refractivity contribution in [1.82, 2.24) is 10.2 Å². The van der Waals surface area contributed by atoms with E-state index in [-0.39, 0.29) is 36.7 Å². The Bertz CT molecular complexity index is 1290. The maximum Gasteiger partial charge on any atom is 0.287 e. The Kier molecular flexibility index (Phi) is 7.67. The van der Waals surface area contributed by atoms with Crippen LogP contribution in [0.5, 0.6) is 11.5 Å². The molecule has 8 heteroatoms. The zero-order chi connectivity index (χ0) is 25.8. The zero-order valence-corrected chi connectivity index (χ0v) is 20.6. The van der Waals surface area contributed by atoms with Crippen molar-refractivity contribution in [2.45, 2.75) is 37.8 Å². The number of ketones is 1. The number of aryl methyl sites for hydroxylation is 1. The number of nitrogens with zero attached hydrogens (tertiary/aromatic N) is 1. The van der Waals surface area contributed by atoms with Crippen molar-refractivity contribution < 1.29 is 28.6 Å². The summed E-state index contributed by atoms with van der Waals surface area (Å²) in [5.74, 6) is -1.70. The lowest BCUT2D eigenvalue weighted by Gasteiger charge is -2.29. The van der Waals surface area contributed by atoms with Gasteiger partial charge in [-0.05, 0) is 66.4 Å². The Morgan fingerprint density at radius 2 is 1.76 bits per heavy atom. The van der Waals surface area contributed by atoms with Crippen molar-refractivity contribution in [3.8, 4) is 11.5 Å². The number of hydrogen-bond donors (Lipinski definition) is 2. The fraction of sp³-hybridized carbons (Fsp3) is 0.379. The summed E-state index contributed by atoms with van der Waals surface area (Å²) in [5.41, 5.74) is 1.23. The Labute approximate surface area is 215 Å². The molecule has 2 atom stereocenters. The van der Waals surface area contributed by atoms with Gasteiger partial charge in [0.1, 0.15) is 19.3 Å². The van der Waals surface area contributed by atoms with E-state index in [1.54, 1.807) is 0 Å². The molecule has 2 heterocycles. The fourth-order valence-corrected chi connectivity index (χ4v) is 5.02. The van der Waals surface area contributed by atoms with Gasteiger partial charge in [0.05, 0.1) is 6.04 Å². The highest BCUT2D eigenvalue weighted by Crippen LogP contribution is 2.36. The molecule has 5 rings (SSSR count). The number of carbonyl (C=O) groups is 2. The van der Waals surface area contributed by atoms with E-state index < -0.39 is 29.7 Å². The molecule has 0 saturated carbocycles. The number of carbonyl (C=O) groups excluding carboxylic acids is 2. The van der Waals surface area contributed by atoms with Crippen LogP contribution in [0.2, 0.25) is 0 Å². The SMILES string of the molecule is O=C(CCc1ccc2ccccc2c1)C(=O)N[C@H](CN1CCCC1)[C@@H](O)c1cc(F)c2c(c1)OCCO2. The largest absolute Gasteiger partial charge is 0.486 e. The quantitative estimate of drug-likeness (QED) is 0.432. The van der Waals surface area contributed by atoms with Crippen molar-refractivity contribution in [3.63, 3.8) is 0 Å². The number of benzene rings is 3. The number of halogens is 1. The lowest BCUT2D eigenvalue weighted by molar-refractivity contribution is -0.139. The van der Waals surface area contributed by atoms with Gasteiger partial charge in [0.15, 0.2) is 17.3 Å². The summed E-state index contributed by atoms with van der Waals surface area (Å²) in [6, 6.07) is 15.9. The van der Waals surface area contributed by atoms with E-state index in [2.05, 4.69) is 10.2 Å². The summed E-state index contributed by atoms with van der Waals surface area (Å²) in [4.78, 5) is 27.8. The monoisotopic (exact) mass is 506 g/mol. The lowest BCUT2D eigenvalue weighted by Crippen LogP contribution is -2.48. The number of aliphatic hydroxyl groups is 1. The van der Waals surface area contributed by atoms with Gasteiger partial charge >= 0.3 is 0 Å². The summed E-state index contributed by atoms with van der Waals surface area (Å²) in [5, 5.41) is 16.1. The van der Waals surface area contributed by atoms with E-state index in [1.165, 1.54) is 12.1 Å². The molecular formula is C29H31FN2O5. The van der Waals surface area contributed by atoms with E-state index in [1.807, 2.05) is 42.5 Å². The van der Waals surface area contributed by atoms with Crippen LogP contribution in [0.4, 0.5) is 4.39 Å². The van der Waals surface area contributed by atoms with E-state index >= 15 is 0 Å². The zero-order valence-electron chi connectivity index (χ0n) is 20.6. The number of ether oxygens (including phenoxy) is 2. The highest BCUT2D eigenvalue weighted by Gasteiger charge is 2.30. The van der Waals surface area contributed by atoms with Gasteiger partial charge in [0, 0.05) is 13.0 Å². The van der Waals surface area contributed by atoms with Crippen LogP contribution in [0.25, 0.3) is 10.8 Å². The minimum Gasteiger partial charge on any atom is -0.486 e. The van der Waals surface area contributed by atoms with Crippen LogP contribution in [0, 0.1) is 5.82 Å². The van der Waals surface area contributed by atoms with Crippen molar-refractivity contribution in [1.29, 1.82) is 0 Å². The molecule has 1 saturated heterocycles. The Hall–Kier alpha value is -3.49. The van der Waals surface area contributed by atoms with Crippen LogP contribution < -0.4 is 14.8 Å². The maximum atomic E-state index is 14.6. The van der Waals surface area contributed by atoms with Crippen molar-refractivity contribution >= 4 is 22.5 Å². The van der Waals surface area contributed by atoms with Crippen molar-refractivity contribution in [2.75, 3.05) is 32.8 Å². The van der Waals surface area contributed by atoms with Crippen LogP contribution >= 0.6 is 0 Å². The summed E-state index contributed by atoms with van der Waals surface area (Å²) >= 11 is 0. The first-order valence-corrected chi connectivity index (χ1v) is 12.8. The lowest BCUT2D eigenvalue weighted by atomic mass is 9.99. The van der Waals surface area contributed by atoms with Crippen LogP contribution in [-0.4, -0.2) is 60.6 Å². The molecule has 3 aromatic carbocycles. The Balaban J connectivity index is 1.27. The minimum atomic E-state index is -1.23. The molecule has 1 fully saturated rings. The summed E-state index contributed by atoms with van der Waals surface area (Å²) in [7, 11) is 0. The van der Waals surface area contributed by atoms with E-state index in [9.17, 15) is 19.1 Å².